The maximum atomic E-state index is 11.3. The largest absolute Gasteiger partial charge is 0.397 e. The van der Waals surface area contributed by atoms with Crippen molar-refractivity contribution in [3.63, 3.8) is 0 Å². The van der Waals surface area contributed by atoms with Crippen LogP contribution < -0.4 is 16.4 Å². The Balaban J connectivity index is 2.75. The van der Waals surface area contributed by atoms with Crippen molar-refractivity contribution in [1.82, 2.24) is 4.98 Å². The van der Waals surface area contributed by atoms with Crippen molar-refractivity contribution in [3.05, 3.63) is 17.1 Å². The fraction of sp³-hybridized carbons (Fsp3) is 0.273. The van der Waals surface area contributed by atoms with Crippen LogP contribution in [0.15, 0.2) is 12.3 Å². The van der Waals surface area contributed by atoms with Gasteiger partial charge in [0, 0.05) is 19.8 Å². The summed E-state index contributed by atoms with van der Waals surface area (Å²) in [7, 11) is 1.97. The van der Waals surface area contributed by atoms with E-state index in [0.29, 0.717) is 10.6 Å². The van der Waals surface area contributed by atoms with E-state index in [1.165, 1.54) is 11.3 Å². The molecule has 90 valence electrons. The second kappa shape index (κ2) is 4.21. The minimum Gasteiger partial charge on any atom is -0.397 e. The van der Waals surface area contributed by atoms with Gasteiger partial charge in [-0.3, -0.25) is 4.79 Å². The first-order valence-electron chi connectivity index (χ1n) is 5.24. The third-order valence-corrected chi connectivity index (χ3v) is 3.84. The van der Waals surface area contributed by atoms with Crippen molar-refractivity contribution >= 4 is 38.8 Å². The van der Waals surface area contributed by atoms with Gasteiger partial charge in [0.1, 0.15) is 9.71 Å². The van der Waals surface area contributed by atoms with E-state index in [9.17, 15) is 4.79 Å². The second-order valence-corrected chi connectivity index (χ2v) is 4.73. The van der Waals surface area contributed by atoms with Crippen LogP contribution >= 0.6 is 11.3 Å². The molecule has 0 spiro atoms. The molecule has 17 heavy (non-hydrogen) atoms. The van der Waals surface area contributed by atoms with Crippen LogP contribution in [0.5, 0.6) is 0 Å². The summed E-state index contributed by atoms with van der Waals surface area (Å²) < 4.78 is 0. The van der Waals surface area contributed by atoms with Crippen LogP contribution in [0.4, 0.5) is 11.4 Å². The van der Waals surface area contributed by atoms with Gasteiger partial charge in [-0.25, -0.2) is 4.98 Å². The van der Waals surface area contributed by atoms with E-state index in [0.717, 1.165) is 22.4 Å². The maximum Gasteiger partial charge on any atom is 0.260 e. The lowest BCUT2D eigenvalue weighted by Gasteiger charge is -2.17. The smallest absolute Gasteiger partial charge is 0.260 e. The molecule has 2 aromatic rings. The van der Waals surface area contributed by atoms with Gasteiger partial charge in [-0.1, -0.05) is 0 Å². The Kier molecular flexibility index (Phi) is 2.89. The third-order valence-electron chi connectivity index (χ3n) is 2.72. The molecule has 4 N–H and O–H groups in total. The molecule has 2 rings (SSSR count). The molecule has 0 saturated heterocycles. The van der Waals surface area contributed by atoms with Gasteiger partial charge in [0.25, 0.3) is 5.91 Å². The molecule has 0 unspecified atom stereocenters. The molecule has 5 nitrogen and oxygen atoms in total. The van der Waals surface area contributed by atoms with E-state index in [1.807, 2.05) is 20.0 Å². The summed E-state index contributed by atoms with van der Waals surface area (Å²) in [5.74, 6) is -0.504. The van der Waals surface area contributed by atoms with Gasteiger partial charge < -0.3 is 16.4 Å². The predicted octanol–water partition coefficient (Wildman–Crippen LogP) is 1.43. The van der Waals surface area contributed by atoms with E-state index in [2.05, 4.69) is 9.88 Å². The molecule has 0 fully saturated rings. The molecule has 2 aromatic heterocycles. The average molecular weight is 250 g/mol. The summed E-state index contributed by atoms with van der Waals surface area (Å²) in [4.78, 5) is 18.7. The van der Waals surface area contributed by atoms with Gasteiger partial charge in [0.15, 0.2) is 0 Å². The topological polar surface area (TPSA) is 85.2 Å². The highest BCUT2D eigenvalue weighted by atomic mass is 32.1. The molecule has 2 heterocycles. The number of thiophene rings is 1. The number of fused-ring (bicyclic) bond motifs is 1. The first-order chi connectivity index (χ1) is 8.06. The number of rotatable bonds is 3. The Morgan fingerprint density at radius 3 is 2.88 bits per heavy atom. The molecule has 0 aliphatic carbocycles. The van der Waals surface area contributed by atoms with Crippen molar-refractivity contribution < 1.29 is 4.79 Å². The number of aromatic nitrogens is 1. The fourth-order valence-electron chi connectivity index (χ4n) is 1.70. The maximum absolute atomic E-state index is 11.3. The van der Waals surface area contributed by atoms with Gasteiger partial charge in [0.05, 0.1) is 16.8 Å². The van der Waals surface area contributed by atoms with Gasteiger partial charge in [-0.05, 0) is 13.0 Å². The second-order valence-electron chi connectivity index (χ2n) is 3.73. The molecule has 0 aliphatic rings. The summed E-state index contributed by atoms with van der Waals surface area (Å²) in [6, 6.07) is 1.89. The van der Waals surface area contributed by atoms with Crippen LogP contribution in [0.25, 0.3) is 10.2 Å². The monoisotopic (exact) mass is 250 g/mol. The average Bonchev–Trinajstić information content (AvgIpc) is 2.66. The molecule has 0 aromatic carbocycles. The Hall–Kier alpha value is -1.82. The highest BCUT2D eigenvalue weighted by molar-refractivity contribution is 7.21. The standard InChI is InChI=1S/C11H14N4OS/c1-3-15(2)6-4-5-14-11-7(6)8(12)9(17-11)10(13)16/h4-5H,3,12H2,1-2H3,(H2,13,16). The van der Waals surface area contributed by atoms with E-state index in [1.54, 1.807) is 6.20 Å². The minimum absolute atomic E-state index is 0.379. The first kappa shape index (κ1) is 11.7. The number of anilines is 2. The van der Waals surface area contributed by atoms with Crippen molar-refractivity contribution in [2.24, 2.45) is 5.73 Å². The van der Waals surface area contributed by atoms with Crippen LogP contribution in [0.1, 0.15) is 16.6 Å². The van der Waals surface area contributed by atoms with Gasteiger partial charge in [-0.2, -0.15) is 0 Å². The van der Waals surface area contributed by atoms with Crippen LogP contribution in [0.2, 0.25) is 0 Å². The summed E-state index contributed by atoms with van der Waals surface area (Å²) in [5.41, 5.74) is 12.7. The Bertz CT molecular complexity index is 578. The van der Waals surface area contributed by atoms with Gasteiger partial charge in [0.2, 0.25) is 0 Å². The fourth-order valence-corrected chi connectivity index (χ4v) is 2.64. The summed E-state index contributed by atoms with van der Waals surface area (Å²) in [6.45, 7) is 2.89. The van der Waals surface area contributed by atoms with E-state index in [-0.39, 0.29) is 0 Å². The number of pyridine rings is 1. The highest BCUT2D eigenvalue weighted by Crippen LogP contribution is 2.37. The number of primary amides is 1. The molecule has 0 aliphatic heterocycles. The molecular weight excluding hydrogens is 236 g/mol. The van der Waals surface area contributed by atoms with Gasteiger partial charge >= 0.3 is 0 Å². The number of nitrogens with two attached hydrogens (primary N) is 2. The normalized spacial score (nSPS) is 10.7. The van der Waals surface area contributed by atoms with Crippen molar-refractivity contribution in [2.45, 2.75) is 6.92 Å². The molecule has 6 heteroatoms. The van der Waals surface area contributed by atoms with Crippen molar-refractivity contribution in [3.8, 4) is 0 Å². The Morgan fingerprint density at radius 1 is 1.59 bits per heavy atom. The minimum atomic E-state index is -0.504. The summed E-state index contributed by atoms with van der Waals surface area (Å²) >= 11 is 1.24. The number of nitrogens with zero attached hydrogens (tertiary/aromatic N) is 2. The molecule has 0 atom stereocenters. The first-order valence-corrected chi connectivity index (χ1v) is 6.05. The molecular formula is C11H14N4OS. The number of nitrogen functional groups attached to an aromatic ring is 1. The van der Waals surface area contributed by atoms with E-state index >= 15 is 0 Å². The lowest BCUT2D eigenvalue weighted by molar-refractivity contribution is 0.100. The zero-order chi connectivity index (χ0) is 12.6. The van der Waals surface area contributed by atoms with Crippen LogP contribution in [0, 0.1) is 0 Å². The van der Waals surface area contributed by atoms with Gasteiger partial charge in [-0.15, -0.1) is 11.3 Å². The predicted molar refractivity (Wildman–Crippen MR) is 71.5 cm³/mol. The SMILES string of the molecule is CCN(C)c1ccnc2sc(C(N)=O)c(N)c12. The van der Waals surface area contributed by atoms with E-state index in [4.69, 9.17) is 11.5 Å². The summed E-state index contributed by atoms with van der Waals surface area (Å²) in [6.07, 6.45) is 1.71. The Morgan fingerprint density at radius 2 is 2.29 bits per heavy atom. The number of hydrogen-bond donors (Lipinski definition) is 2. The van der Waals surface area contributed by atoms with E-state index < -0.39 is 5.91 Å². The number of carbonyl (C=O) groups excluding carboxylic acids is 1. The number of amides is 1. The van der Waals surface area contributed by atoms with Crippen LogP contribution in [-0.4, -0.2) is 24.5 Å². The van der Waals surface area contributed by atoms with Crippen LogP contribution in [-0.2, 0) is 0 Å². The molecule has 1 amide bonds. The van der Waals surface area contributed by atoms with Crippen molar-refractivity contribution in [1.29, 1.82) is 0 Å². The number of carbonyl (C=O) groups is 1. The number of hydrogen-bond acceptors (Lipinski definition) is 5. The Labute approximate surface area is 103 Å². The molecule has 0 bridgehead atoms. The lowest BCUT2D eigenvalue weighted by atomic mass is 10.2. The quantitative estimate of drug-likeness (QED) is 0.863. The highest BCUT2D eigenvalue weighted by Gasteiger charge is 2.18. The molecule has 0 saturated carbocycles. The van der Waals surface area contributed by atoms with Crippen molar-refractivity contribution in [2.75, 3.05) is 24.2 Å². The zero-order valence-electron chi connectivity index (χ0n) is 9.73. The summed E-state index contributed by atoms with van der Waals surface area (Å²) in [5, 5.41) is 0.815. The third kappa shape index (κ3) is 1.80. The zero-order valence-corrected chi connectivity index (χ0v) is 10.5. The van der Waals surface area contributed by atoms with Crippen LogP contribution in [0.3, 0.4) is 0 Å². The molecule has 0 radical (unpaired) electrons. The lowest BCUT2D eigenvalue weighted by Crippen LogP contribution is -2.16.